The molecule has 2 rings (SSSR count). The fourth-order valence-corrected chi connectivity index (χ4v) is 2.71. The molecule has 1 aliphatic rings. The van der Waals surface area contributed by atoms with Crippen molar-refractivity contribution in [2.75, 3.05) is 39.9 Å². The summed E-state index contributed by atoms with van der Waals surface area (Å²) in [4.78, 5) is 17.6. The molecule has 1 aromatic carbocycles. The fraction of sp³-hybridized carbons (Fsp3) is 0.556. The minimum absolute atomic E-state index is 0.203. The Morgan fingerprint density at radius 2 is 2.04 bits per heavy atom. The topological polar surface area (TPSA) is 75.2 Å². The fourth-order valence-electron chi connectivity index (χ4n) is 2.71. The third-order valence-electron chi connectivity index (χ3n) is 4.14. The number of aliphatic imine (C=N–C) groups is 1. The van der Waals surface area contributed by atoms with E-state index in [9.17, 15) is 13.6 Å². The molecule has 1 heterocycles. The van der Waals surface area contributed by atoms with E-state index in [-0.39, 0.29) is 24.5 Å². The van der Waals surface area contributed by atoms with Crippen molar-refractivity contribution in [1.82, 2.24) is 15.5 Å². The Bertz CT molecular complexity index is 649. The number of rotatable bonds is 6. The minimum Gasteiger partial charge on any atom is -0.492 e. The smallest absolute Gasteiger partial charge is 0.409 e. The Balaban J connectivity index is 1.67. The van der Waals surface area contributed by atoms with Crippen LogP contribution in [-0.2, 0) is 4.74 Å². The van der Waals surface area contributed by atoms with E-state index in [0.29, 0.717) is 32.2 Å². The highest BCUT2D eigenvalue weighted by molar-refractivity contribution is 5.80. The lowest BCUT2D eigenvalue weighted by molar-refractivity contribution is 0.0963. The first-order valence-electron chi connectivity index (χ1n) is 9.00. The number of hydrogen-bond acceptors (Lipinski definition) is 4. The van der Waals surface area contributed by atoms with Crippen LogP contribution in [-0.4, -0.2) is 62.9 Å². The maximum atomic E-state index is 13.1. The number of carbonyl (C=O) groups excluding carboxylic acids is 1. The predicted molar refractivity (Wildman–Crippen MR) is 98.0 cm³/mol. The van der Waals surface area contributed by atoms with Crippen LogP contribution in [0, 0.1) is 11.6 Å². The van der Waals surface area contributed by atoms with Crippen molar-refractivity contribution < 1.29 is 23.0 Å². The van der Waals surface area contributed by atoms with Crippen LogP contribution < -0.4 is 15.4 Å². The summed E-state index contributed by atoms with van der Waals surface area (Å²) in [5.41, 5.74) is 0. The molecule has 0 bridgehead atoms. The van der Waals surface area contributed by atoms with E-state index in [2.05, 4.69) is 15.6 Å². The van der Waals surface area contributed by atoms with Crippen molar-refractivity contribution in [3.8, 4) is 5.75 Å². The van der Waals surface area contributed by atoms with Crippen LogP contribution >= 0.6 is 0 Å². The van der Waals surface area contributed by atoms with Gasteiger partial charge < -0.3 is 25.0 Å². The molecule has 2 N–H and O–H groups in total. The zero-order chi connectivity index (χ0) is 19.6. The number of carbonyl (C=O) groups is 1. The van der Waals surface area contributed by atoms with Crippen LogP contribution in [0.5, 0.6) is 5.75 Å². The number of benzene rings is 1. The van der Waals surface area contributed by atoms with Gasteiger partial charge in [0.25, 0.3) is 0 Å². The second-order valence-electron chi connectivity index (χ2n) is 6.03. The first kappa shape index (κ1) is 20.7. The average Bonchev–Trinajstić information content (AvgIpc) is 2.67. The molecule has 27 heavy (non-hydrogen) atoms. The van der Waals surface area contributed by atoms with Crippen molar-refractivity contribution in [2.45, 2.75) is 25.8 Å². The maximum absolute atomic E-state index is 13.1. The van der Waals surface area contributed by atoms with Gasteiger partial charge in [-0.2, -0.15) is 0 Å². The van der Waals surface area contributed by atoms with E-state index < -0.39 is 11.6 Å². The average molecular weight is 384 g/mol. The van der Waals surface area contributed by atoms with E-state index in [4.69, 9.17) is 9.47 Å². The molecule has 1 aliphatic heterocycles. The van der Waals surface area contributed by atoms with E-state index in [1.807, 2.05) is 0 Å². The molecule has 1 aromatic rings. The molecule has 1 fully saturated rings. The van der Waals surface area contributed by atoms with Gasteiger partial charge in [-0.05, 0) is 31.9 Å². The summed E-state index contributed by atoms with van der Waals surface area (Å²) in [5, 5.41) is 6.42. The molecule has 7 nitrogen and oxygen atoms in total. The molecule has 0 spiro atoms. The summed E-state index contributed by atoms with van der Waals surface area (Å²) < 4.78 is 36.4. The number of piperidine rings is 1. The summed E-state index contributed by atoms with van der Waals surface area (Å²) in [6.07, 6.45) is 1.32. The van der Waals surface area contributed by atoms with Crippen LogP contribution in [0.3, 0.4) is 0 Å². The number of halogens is 2. The lowest BCUT2D eigenvalue weighted by Crippen LogP contribution is -2.50. The second-order valence-corrected chi connectivity index (χ2v) is 6.03. The van der Waals surface area contributed by atoms with Gasteiger partial charge >= 0.3 is 6.09 Å². The van der Waals surface area contributed by atoms with E-state index in [1.165, 1.54) is 6.07 Å². The third kappa shape index (κ3) is 6.58. The molecule has 9 heteroatoms. The summed E-state index contributed by atoms with van der Waals surface area (Å²) in [7, 11) is 1.67. The number of nitrogens with zero attached hydrogens (tertiary/aromatic N) is 2. The number of likely N-dealkylation sites (tertiary alicyclic amines) is 1. The van der Waals surface area contributed by atoms with Gasteiger partial charge in [0.1, 0.15) is 12.4 Å². The zero-order valence-electron chi connectivity index (χ0n) is 15.6. The Morgan fingerprint density at radius 3 is 2.67 bits per heavy atom. The predicted octanol–water partition coefficient (Wildman–Crippen LogP) is 2.13. The van der Waals surface area contributed by atoms with Gasteiger partial charge in [0.15, 0.2) is 17.6 Å². The van der Waals surface area contributed by atoms with Gasteiger partial charge in [-0.25, -0.2) is 13.6 Å². The van der Waals surface area contributed by atoms with Gasteiger partial charge in [0.05, 0.1) is 13.2 Å². The van der Waals surface area contributed by atoms with Crippen molar-refractivity contribution in [2.24, 2.45) is 4.99 Å². The van der Waals surface area contributed by atoms with Crippen LogP contribution in [0.2, 0.25) is 0 Å². The molecular weight excluding hydrogens is 358 g/mol. The number of guanidine groups is 1. The molecule has 0 saturated carbocycles. The minimum atomic E-state index is -0.938. The molecule has 150 valence electrons. The highest BCUT2D eigenvalue weighted by Crippen LogP contribution is 2.15. The Hall–Kier alpha value is -2.58. The SMILES string of the molecule is CCOC(=O)N1CCC(NC(=NC)NCCOc2ccc(F)c(F)c2)CC1. The Kier molecular flexibility index (Phi) is 8.09. The third-order valence-corrected chi connectivity index (χ3v) is 4.14. The van der Waals surface area contributed by atoms with Crippen molar-refractivity contribution >= 4 is 12.1 Å². The van der Waals surface area contributed by atoms with Crippen LogP contribution in [0.1, 0.15) is 19.8 Å². The lowest BCUT2D eigenvalue weighted by atomic mass is 10.1. The zero-order valence-corrected chi connectivity index (χ0v) is 15.6. The van der Waals surface area contributed by atoms with E-state index in [1.54, 1.807) is 18.9 Å². The summed E-state index contributed by atoms with van der Waals surface area (Å²) >= 11 is 0. The standard InChI is InChI=1S/C18H26F2N4O3/c1-3-26-18(25)24-9-6-13(7-10-24)23-17(21-2)22-8-11-27-14-4-5-15(19)16(20)12-14/h4-5,12-13H,3,6-11H2,1-2H3,(H2,21,22,23). The Morgan fingerprint density at radius 1 is 1.30 bits per heavy atom. The molecule has 1 saturated heterocycles. The highest BCUT2D eigenvalue weighted by atomic mass is 19.2. The van der Waals surface area contributed by atoms with Gasteiger partial charge in [0.2, 0.25) is 0 Å². The number of amides is 1. The summed E-state index contributed by atoms with van der Waals surface area (Å²) in [6, 6.07) is 3.62. The number of hydrogen-bond donors (Lipinski definition) is 2. The second kappa shape index (κ2) is 10.5. The lowest BCUT2D eigenvalue weighted by Gasteiger charge is -2.32. The van der Waals surface area contributed by atoms with Gasteiger partial charge in [-0.1, -0.05) is 0 Å². The maximum Gasteiger partial charge on any atom is 0.409 e. The molecule has 0 aliphatic carbocycles. The van der Waals surface area contributed by atoms with E-state index >= 15 is 0 Å². The van der Waals surface area contributed by atoms with Crippen LogP contribution in [0.25, 0.3) is 0 Å². The molecule has 0 unspecified atom stereocenters. The monoisotopic (exact) mass is 384 g/mol. The first-order valence-corrected chi connectivity index (χ1v) is 9.00. The summed E-state index contributed by atoms with van der Waals surface area (Å²) in [6.45, 7) is 4.14. The largest absolute Gasteiger partial charge is 0.492 e. The van der Waals surface area contributed by atoms with Crippen LogP contribution in [0.15, 0.2) is 23.2 Å². The quantitative estimate of drug-likeness (QED) is 0.447. The Labute approximate surface area is 157 Å². The highest BCUT2D eigenvalue weighted by Gasteiger charge is 2.23. The molecule has 1 amide bonds. The number of ether oxygens (including phenoxy) is 2. The first-order chi connectivity index (χ1) is 13.0. The van der Waals surface area contributed by atoms with Crippen LogP contribution in [0.4, 0.5) is 13.6 Å². The van der Waals surface area contributed by atoms with Crippen molar-refractivity contribution in [1.29, 1.82) is 0 Å². The van der Waals surface area contributed by atoms with Crippen molar-refractivity contribution in [3.05, 3.63) is 29.8 Å². The van der Waals surface area contributed by atoms with Crippen molar-refractivity contribution in [3.63, 3.8) is 0 Å². The summed E-state index contributed by atoms with van der Waals surface area (Å²) in [5.74, 6) is -0.949. The molecule has 0 aromatic heterocycles. The molecule has 0 atom stereocenters. The van der Waals surface area contributed by atoms with Gasteiger partial charge in [-0.3, -0.25) is 4.99 Å². The van der Waals surface area contributed by atoms with Gasteiger partial charge in [0, 0.05) is 32.2 Å². The molecular formula is C18H26F2N4O3. The van der Waals surface area contributed by atoms with E-state index in [0.717, 1.165) is 25.0 Å². The number of nitrogens with one attached hydrogen (secondary N) is 2. The van der Waals surface area contributed by atoms with Gasteiger partial charge in [-0.15, -0.1) is 0 Å². The normalized spacial score (nSPS) is 15.4. The molecule has 0 radical (unpaired) electrons.